The molecule has 3 N–H and O–H groups in total. The minimum absolute atomic E-state index is 0. The Hall–Kier alpha value is -2.75. The van der Waals surface area contributed by atoms with E-state index >= 15 is 0 Å². The molecule has 176 valence electrons. The first-order valence-electron chi connectivity index (χ1n) is 10.5. The molecule has 9 nitrogen and oxygen atoms in total. The molecule has 2 aliphatic heterocycles. The first-order chi connectivity index (χ1) is 15.3. The monoisotopic (exact) mass is 492 g/mol. The van der Waals surface area contributed by atoms with Crippen molar-refractivity contribution in [2.75, 3.05) is 11.9 Å². The van der Waals surface area contributed by atoms with E-state index in [4.69, 9.17) is 21.7 Å². The fourth-order valence-electron chi connectivity index (χ4n) is 4.30. The summed E-state index contributed by atoms with van der Waals surface area (Å²) in [6.07, 6.45) is 3.05. The summed E-state index contributed by atoms with van der Waals surface area (Å²) in [6.45, 7) is 4.38. The van der Waals surface area contributed by atoms with Crippen LogP contribution in [0.3, 0.4) is 0 Å². The van der Waals surface area contributed by atoms with Crippen LogP contribution in [0.5, 0.6) is 0 Å². The van der Waals surface area contributed by atoms with E-state index in [2.05, 4.69) is 20.8 Å². The second-order valence-electron chi connectivity index (χ2n) is 8.34. The summed E-state index contributed by atoms with van der Waals surface area (Å²) in [5, 5.41) is 22.3. The summed E-state index contributed by atoms with van der Waals surface area (Å²) >= 11 is 6.66. The fraction of sp³-hybridized carbons (Fsp3) is 0.409. The number of amides is 2. The van der Waals surface area contributed by atoms with Gasteiger partial charge in [-0.25, -0.2) is 0 Å². The summed E-state index contributed by atoms with van der Waals surface area (Å²) in [5.74, 6) is -0.532. The van der Waals surface area contributed by atoms with Gasteiger partial charge in [0.1, 0.15) is 0 Å². The van der Waals surface area contributed by atoms with Crippen LogP contribution in [0.15, 0.2) is 36.5 Å². The van der Waals surface area contributed by atoms with Gasteiger partial charge >= 0.3 is 0 Å². The smallest absolute Gasteiger partial charge is 0.276 e. The number of carbonyl (C=O) groups is 2. The van der Waals surface area contributed by atoms with Crippen LogP contribution in [-0.4, -0.2) is 51.6 Å². The number of ether oxygens (including phenoxy) is 1. The Labute approximate surface area is 203 Å². The van der Waals surface area contributed by atoms with Gasteiger partial charge in [0.2, 0.25) is 5.91 Å². The van der Waals surface area contributed by atoms with Gasteiger partial charge in [0.05, 0.1) is 28.8 Å². The van der Waals surface area contributed by atoms with Gasteiger partial charge in [-0.15, -0.1) is 17.5 Å². The summed E-state index contributed by atoms with van der Waals surface area (Å²) in [5.41, 5.74) is 0.275. The van der Waals surface area contributed by atoms with Gasteiger partial charge in [0.25, 0.3) is 5.91 Å². The molecule has 0 unspecified atom stereocenters. The van der Waals surface area contributed by atoms with Gasteiger partial charge in [-0.2, -0.15) is 5.10 Å². The van der Waals surface area contributed by atoms with Gasteiger partial charge in [0, 0.05) is 18.8 Å². The van der Waals surface area contributed by atoms with Crippen molar-refractivity contribution in [3.05, 3.63) is 52.8 Å². The van der Waals surface area contributed by atoms with Gasteiger partial charge in [-0.05, 0) is 50.5 Å². The maximum absolute atomic E-state index is 13.1. The lowest BCUT2D eigenvalue weighted by Crippen LogP contribution is -2.63. The van der Waals surface area contributed by atoms with E-state index in [0.717, 1.165) is 0 Å². The van der Waals surface area contributed by atoms with Gasteiger partial charge < -0.3 is 15.4 Å². The average molecular weight is 493 g/mol. The normalized spacial score (nSPS) is 25.1. The van der Waals surface area contributed by atoms with E-state index in [1.54, 1.807) is 30.3 Å². The van der Waals surface area contributed by atoms with Crippen molar-refractivity contribution >= 4 is 47.5 Å². The van der Waals surface area contributed by atoms with Crippen molar-refractivity contribution in [3.63, 3.8) is 0 Å². The van der Waals surface area contributed by atoms with Crippen LogP contribution in [0.4, 0.5) is 5.69 Å². The van der Waals surface area contributed by atoms with E-state index in [1.807, 2.05) is 13.8 Å². The van der Waals surface area contributed by atoms with E-state index in [0.29, 0.717) is 35.7 Å². The Morgan fingerprint density at radius 2 is 2.15 bits per heavy atom. The number of nitrogens with zero attached hydrogens (tertiary/aromatic N) is 3. The predicted octanol–water partition coefficient (Wildman–Crippen LogP) is 3.34. The first-order valence-corrected chi connectivity index (χ1v) is 10.8. The number of anilines is 1. The second kappa shape index (κ2) is 10.0. The first kappa shape index (κ1) is 24.9. The highest BCUT2D eigenvalue weighted by Crippen LogP contribution is 2.38. The minimum Gasteiger partial charge on any atom is -0.378 e. The van der Waals surface area contributed by atoms with E-state index in [9.17, 15) is 9.59 Å². The molecule has 2 saturated heterocycles. The van der Waals surface area contributed by atoms with Crippen LogP contribution in [-0.2, 0) is 15.1 Å². The Balaban J connectivity index is 0.00000306. The highest BCUT2D eigenvalue weighted by Gasteiger charge is 2.43. The molecular weight excluding hydrogens is 467 g/mol. The molecule has 2 amide bonds. The number of carbonyl (C=O) groups excluding carboxylic acids is 2. The molecule has 4 rings (SSSR count). The zero-order chi connectivity index (χ0) is 22.9. The fourth-order valence-corrected chi connectivity index (χ4v) is 4.68. The number of aromatic nitrogens is 2. The molecule has 2 fully saturated rings. The molecule has 0 saturated carbocycles. The molecule has 3 heterocycles. The lowest BCUT2D eigenvalue weighted by Gasteiger charge is -2.45. The number of guanidine groups is 1. The van der Waals surface area contributed by atoms with Crippen molar-refractivity contribution in [2.45, 2.75) is 50.8 Å². The molecule has 0 bridgehead atoms. The Bertz CT molecular complexity index is 1030. The molecule has 33 heavy (non-hydrogen) atoms. The largest absolute Gasteiger partial charge is 0.378 e. The molecule has 0 aliphatic carbocycles. The zero-order valence-electron chi connectivity index (χ0n) is 18.3. The quantitative estimate of drug-likeness (QED) is 0.601. The SMILES string of the molecule is C[C@@H]1C[C@H](N2C(=N)N[C@](C)(c3cccc(NC(=O)c4cccnn4)c3Cl)CC2=O)CCO1.Cl. The van der Waals surface area contributed by atoms with Crippen molar-refractivity contribution in [1.29, 1.82) is 5.41 Å². The second-order valence-corrected chi connectivity index (χ2v) is 8.71. The van der Waals surface area contributed by atoms with Crippen LogP contribution in [0, 0.1) is 5.41 Å². The van der Waals surface area contributed by atoms with Crippen LogP contribution in [0.1, 0.15) is 49.2 Å². The van der Waals surface area contributed by atoms with Crippen molar-refractivity contribution in [2.24, 2.45) is 0 Å². The summed E-state index contributed by atoms with van der Waals surface area (Å²) in [6, 6.07) is 8.32. The van der Waals surface area contributed by atoms with Crippen LogP contribution < -0.4 is 10.6 Å². The van der Waals surface area contributed by atoms with Crippen LogP contribution in [0.2, 0.25) is 5.02 Å². The Morgan fingerprint density at radius 1 is 1.36 bits per heavy atom. The third kappa shape index (κ3) is 5.10. The van der Waals surface area contributed by atoms with Gasteiger partial charge in [0.15, 0.2) is 11.7 Å². The Morgan fingerprint density at radius 3 is 2.82 bits per heavy atom. The maximum atomic E-state index is 13.1. The van der Waals surface area contributed by atoms with Gasteiger partial charge in [-0.1, -0.05) is 23.7 Å². The molecule has 0 radical (unpaired) electrons. The third-order valence-corrected chi connectivity index (χ3v) is 6.28. The summed E-state index contributed by atoms with van der Waals surface area (Å²) < 4.78 is 5.58. The standard InChI is InChI=1S/C22H25ClN6O3.ClH/c1-13-11-14(8-10-32-13)29-18(30)12-22(2,27-21(29)24)15-5-3-6-16(19(15)23)26-20(31)17-7-4-9-25-28-17;/h3-7,9,13-14H,8,10-12H2,1-2H3,(H2,24,27)(H,26,31);1H/t13-,14-,22+;/m1./s1. The average Bonchev–Trinajstić information content (AvgIpc) is 2.75. The maximum Gasteiger partial charge on any atom is 0.276 e. The van der Waals surface area contributed by atoms with Crippen LogP contribution in [0.25, 0.3) is 0 Å². The Kier molecular flexibility index (Phi) is 7.56. The van der Waals surface area contributed by atoms with Crippen molar-refractivity contribution in [3.8, 4) is 0 Å². The number of rotatable bonds is 4. The molecule has 2 aromatic rings. The highest BCUT2D eigenvalue weighted by atomic mass is 35.5. The number of nitrogens with one attached hydrogen (secondary N) is 3. The molecule has 3 atom stereocenters. The summed E-state index contributed by atoms with van der Waals surface area (Å²) in [4.78, 5) is 27.2. The number of hydrogen-bond donors (Lipinski definition) is 3. The van der Waals surface area contributed by atoms with Gasteiger partial charge in [-0.3, -0.25) is 19.9 Å². The molecular formula is C22H26Cl2N6O3. The molecule has 2 aliphatic rings. The molecule has 1 aromatic carbocycles. The highest BCUT2D eigenvalue weighted by molar-refractivity contribution is 6.35. The lowest BCUT2D eigenvalue weighted by atomic mass is 9.85. The van der Waals surface area contributed by atoms with E-state index < -0.39 is 11.4 Å². The summed E-state index contributed by atoms with van der Waals surface area (Å²) in [7, 11) is 0. The molecule has 11 heteroatoms. The molecule has 1 aromatic heterocycles. The van der Waals surface area contributed by atoms with Crippen LogP contribution >= 0.6 is 24.0 Å². The topological polar surface area (TPSA) is 120 Å². The lowest BCUT2D eigenvalue weighted by molar-refractivity contribution is -0.134. The zero-order valence-corrected chi connectivity index (χ0v) is 19.9. The van der Waals surface area contributed by atoms with Crippen molar-refractivity contribution in [1.82, 2.24) is 20.4 Å². The predicted molar refractivity (Wildman–Crippen MR) is 127 cm³/mol. The minimum atomic E-state index is -0.897. The number of benzene rings is 1. The number of halogens is 2. The van der Waals surface area contributed by atoms with E-state index in [-0.39, 0.29) is 48.5 Å². The van der Waals surface area contributed by atoms with E-state index in [1.165, 1.54) is 11.1 Å². The molecule has 0 spiro atoms. The third-order valence-electron chi connectivity index (χ3n) is 5.88. The number of hydrogen-bond acceptors (Lipinski definition) is 6. The van der Waals surface area contributed by atoms with Crippen molar-refractivity contribution < 1.29 is 14.3 Å².